The molecular formula is C15H22Si. The van der Waals surface area contributed by atoms with Gasteiger partial charge in [-0.1, -0.05) is 61.5 Å². The molecule has 1 aliphatic carbocycles. The Morgan fingerprint density at radius 3 is 2.50 bits per heavy atom. The van der Waals surface area contributed by atoms with Crippen molar-refractivity contribution in [3.05, 3.63) is 41.0 Å². The molecule has 1 unspecified atom stereocenters. The van der Waals surface area contributed by atoms with Crippen LogP contribution in [0.3, 0.4) is 0 Å². The Bertz CT molecular complexity index is 415. The molecule has 0 spiro atoms. The van der Waals surface area contributed by atoms with Gasteiger partial charge in [0.1, 0.15) is 0 Å². The van der Waals surface area contributed by atoms with E-state index in [1.54, 1.807) is 21.9 Å². The lowest BCUT2D eigenvalue weighted by Crippen LogP contribution is -2.04. The maximum atomic E-state index is 2.45. The first-order valence-electron chi connectivity index (χ1n) is 6.46. The summed E-state index contributed by atoms with van der Waals surface area (Å²) >= 11 is 0. The minimum Gasteiger partial charge on any atom is -0.0682 e. The van der Waals surface area contributed by atoms with Gasteiger partial charge in [-0.15, -0.1) is 0 Å². The van der Waals surface area contributed by atoms with E-state index in [-0.39, 0.29) is 0 Å². The van der Waals surface area contributed by atoms with Crippen molar-refractivity contribution in [1.82, 2.24) is 0 Å². The lowest BCUT2D eigenvalue weighted by Gasteiger charge is -2.12. The van der Waals surface area contributed by atoms with Gasteiger partial charge in [-0.3, -0.25) is 0 Å². The molecule has 0 saturated heterocycles. The first-order chi connectivity index (χ1) is 7.66. The van der Waals surface area contributed by atoms with E-state index >= 15 is 0 Å². The fourth-order valence-corrected chi connectivity index (χ4v) is 5.10. The smallest absolute Gasteiger partial charge is 0.0654 e. The predicted molar refractivity (Wildman–Crippen MR) is 75.6 cm³/mol. The zero-order valence-electron chi connectivity index (χ0n) is 10.9. The Labute approximate surface area is 101 Å². The molecule has 1 atom stereocenters. The summed E-state index contributed by atoms with van der Waals surface area (Å²) in [7, 11) is -0.702. The fourth-order valence-electron chi connectivity index (χ4n) is 3.11. The van der Waals surface area contributed by atoms with Crippen molar-refractivity contribution < 1.29 is 0 Å². The molecule has 16 heavy (non-hydrogen) atoms. The number of fused-ring (bicyclic) bond motifs is 1. The van der Waals surface area contributed by atoms with Gasteiger partial charge in [0.05, 0.1) is 8.80 Å². The van der Waals surface area contributed by atoms with Crippen molar-refractivity contribution in [3.63, 3.8) is 0 Å². The normalized spacial score (nSPS) is 19.4. The third kappa shape index (κ3) is 1.78. The Hall–Kier alpha value is -0.823. The van der Waals surface area contributed by atoms with Crippen molar-refractivity contribution in [2.45, 2.75) is 45.7 Å². The van der Waals surface area contributed by atoms with Crippen molar-refractivity contribution in [3.8, 4) is 0 Å². The zero-order chi connectivity index (χ0) is 11.7. The number of rotatable bonds is 3. The molecule has 0 heterocycles. The quantitative estimate of drug-likeness (QED) is 0.676. The van der Waals surface area contributed by atoms with Crippen LogP contribution in [0.2, 0.25) is 13.1 Å². The van der Waals surface area contributed by atoms with Gasteiger partial charge in [0.25, 0.3) is 0 Å². The highest BCUT2D eigenvalue weighted by molar-refractivity contribution is 6.77. The average Bonchev–Trinajstić information content (AvgIpc) is 2.53. The van der Waals surface area contributed by atoms with Gasteiger partial charge in [0, 0.05) is 5.92 Å². The molecule has 0 N–H and O–H groups in total. The summed E-state index contributed by atoms with van der Waals surface area (Å²) in [5, 5.41) is 1.73. The molecular weight excluding hydrogens is 208 g/mol. The Balaban J connectivity index is 2.51. The molecule has 0 fully saturated rings. The third-order valence-electron chi connectivity index (χ3n) is 3.73. The summed E-state index contributed by atoms with van der Waals surface area (Å²) in [6.45, 7) is 9.55. The van der Waals surface area contributed by atoms with Crippen molar-refractivity contribution in [2.24, 2.45) is 0 Å². The van der Waals surface area contributed by atoms with E-state index in [2.05, 4.69) is 51.2 Å². The highest BCUT2D eigenvalue weighted by Gasteiger charge is 2.28. The predicted octanol–water partition coefficient (Wildman–Crippen LogP) is 4.38. The monoisotopic (exact) mass is 230 g/mol. The van der Waals surface area contributed by atoms with Gasteiger partial charge >= 0.3 is 0 Å². The van der Waals surface area contributed by atoms with Gasteiger partial charge < -0.3 is 0 Å². The minimum atomic E-state index is -0.702. The number of benzene rings is 1. The largest absolute Gasteiger partial charge is 0.0682 e. The van der Waals surface area contributed by atoms with Crippen molar-refractivity contribution in [2.75, 3.05) is 0 Å². The molecule has 0 amide bonds. The standard InChI is InChI=1S/C15H22Si/c1-5-8-12-11(2)15(16(3)4)14-10-7-6-9-13(12)14/h6-7,9-10,12,16H,5,8H2,1-4H3. The lowest BCUT2D eigenvalue weighted by atomic mass is 9.92. The fraction of sp³-hybridized carbons (Fsp3) is 0.467. The summed E-state index contributed by atoms with van der Waals surface area (Å²) in [5.74, 6) is 0.714. The van der Waals surface area contributed by atoms with Crippen LogP contribution >= 0.6 is 0 Å². The molecule has 0 radical (unpaired) electrons. The maximum absolute atomic E-state index is 2.45. The zero-order valence-corrected chi connectivity index (χ0v) is 12.0. The summed E-state index contributed by atoms with van der Waals surface area (Å²) in [5.41, 5.74) is 4.84. The van der Waals surface area contributed by atoms with Gasteiger partial charge in [-0.2, -0.15) is 0 Å². The van der Waals surface area contributed by atoms with Crippen LogP contribution in [0.1, 0.15) is 43.7 Å². The average molecular weight is 230 g/mol. The van der Waals surface area contributed by atoms with Crippen LogP contribution < -0.4 is 0 Å². The van der Waals surface area contributed by atoms with E-state index < -0.39 is 8.80 Å². The molecule has 1 heteroatoms. The van der Waals surface area contributed by atoms with Gasteiger partial charge in [0.15, 0.2) is 0 Å². The second kappa shape index (κ2) is 4.58. The van der Waals surface area contributed by atoms with Gasteiger partial charge in [-0.25, -0.2) is 0 Å². The van der Waals surface area contributed by atoms with E-state index in [1.165, 1.54) is 12.8 Å². The molecule has 1 aliphatic rings. The van der Waals surface area contributed by atoms with Crippen molar-refractivity contribution in [1.29, 1.82) is 0 Å². The van der Waals surface area contributed by atoms with Crippen LogP contribution in [0.15, 0.2) is 29.8 Å². The Morgan fingerprint density at radius 2 is 1.88 bits per heavy atom. The second-order valence-corrected chi connectivity index (χ2v) is 8.07. The topological polar surface area (TPSA) is 0 Å². The first-order valence-corrected chi connectivity index (χ1v) is 9.35. The van der Waals surface area contributed by atoms with Crippen LogP contribution in [-0.4, -0.2) is 8.80 Å². The van der Waals surface area contributed by atoms with E-state index in [9.17, 15) is 0 Å². The van der Waals surface area contributed by atoms with Crippen LogP contribution in [0.5, 0.6) is 0 Å². The Morgan fingerprint density at radius 1 is 1.19 bits per heavy atom. The first kappa shape index (κ1) is 11.7. The van der Waals surface area contributed by atoms with E-state index in [0.717, 1.165) is 0 Å². The molecule has 0 nitrogen and oxygen atoms in total. The summed E-state index contributed by atoms with van der Waals surface area (Å²) in [6, 6.07) is 9.05. The lowest BCUT2D eigenvalue weighted by molar-refractivity contribution is 0.697. The molecule has 2 rings (SSSR count). The number of hydrogen-bond donors (Lipinski definition) is 0. The third-order valence-corrected chi connectivity index (χ3v) is 5.65. The molecule has 1 aromatic carbocycles. The molecule has 86 valence electrons. The molecule has 0 saturated carbocycles. The van der Waals surface area contributed by atoms with E-state index in [1.807, 2.05) is 0 Å². The van der Waals surface area contributed by atoms with Gasteiger partial charge in [0.2, 0.25) is 0 Å². The molecule has 1 aromatic rings. The molecule has 0 bridgehead atoms. The summed E-state index contributed by atoms with van der Waals surface area (Å²) in [4.78, 5) is 0. The van der Waals surface area contributed by atoms with Crippen LogP contribution in [-0.2, 0) is 0 Å². The highest BCUT2D eigenvalue weighted by atomic mass is 28.3. The minimum absolute atomic E-state index is 0.702. The van der Waals surface area contributed by atoms with E-state index in [0.29, 0.717) is 5.92 Å². The summed E-state index contributed by atoms with van der Waals surface area (Å²) in [6.07, 6.45) is 2.59. The van der Waals surface area contributed by atoms with Crippen LogP contribution in [0, 0.1) is 0 Å². The second-order valence-electron chi connectivity index (χ2n) is 5.18. The highest BCUT2D eigenvalue weighted by Crippen LogP contribution is 2.44. The maximum Gasteiger partial charge on any atom is 0.0654 e. The van der Waals surface area contributed by atoms with Crippen LogP contribution in [0.4, 0.5) is 0 Å². The molecule has 0 aliphatic heterocycles. The van der Waals surface area contributed by atoms with Crippen molar-refractivity contribution >= 4 is 14.0 Å². The number of allylic oxidation sites excluding steroid dienone is 1. The molecule has 0 aromatic heterocycles. The van der Waals surface area contributed by atoms with E-state index in [4.69, 9.17) is 0 Å². The SMILES string of the molecule is CCCC1C(C)=C([SiH](C)C)c2ccccc21. The summed E-state index contributed by atoms with van der Waals surface area (Å²) < 4.78 is 0. The van der Waals surface area contributed by atoms with Crippen LogP contribution in [0.25, 0.3) is 5.20 Å². The van der Waals surface area contributed by atoms with Gasteiger partial charge in [-0.05, 0) is 24.5 Å². The Kier molecular flexibility index (Phi) is 3.34. The number of hydrogen-bond acceptors (Lipinski definition) is 0.